The van der Waals surface area contributed by atoms with Gasteiger partial charge in [0.15, 0.2) is 5.58 Å². The number of aromatic nitrogens is 1. The van der Waals surface area contributed by atoms with Crippen molar-refractivity contribution in [3.8, 4) is 0 Å². The van der Waals surface area contributed by atoms with Gasteiger partial charge in [0.05, 0.1) is 23.2 Å². The summed E-state index contributed by atoms with van der Waals surface area (Å²) in [5, 5.41) is 0.511. The van der Waals surface area contributed by atoms with Gasteiger partial charge in [-0.1, -0.05) is 11.6 Å². The van der Waals surface area contributed by atoms with Gasteiger partial charge in [-0.05, 0) is 18.9 Å². The molecular weight excluding hydrogens is 240 g/mol. The number of oxazole rings is 1. The predicted octanol–water partition coefficient (Wildman–Crippen LogP) is 2.96. The molecule has 2 heterocycles. The van der Waals surface area contributed by atoms with E-state index in [4.69, 9.17) is 26.5 Å². The van der Waals surface area contributed by atoms with Gasteiger partial charge in [-0.3, -0.25) is 0 Å². The van der Waals surface area contributed by atoms with Crippen LogP contribution in [-0.2, 0) is 4.74 Å². The van der Waals surface area contributed by atoms with Crippen molar-refractivity contribution in [2.45, 2.75) is 18.8 Å². The van der Waals surface area contributed by atoms with E-state index in [9.17, 15) is 0 Å². The number of nitrogen functional groups attached to an aromatic ring is 1. The van der Waals surface area contributed by atoms with E-state index in [1.165, 1.54) is 0 Å². The number of halogens is 1. The SMILES string of the molecule is Nc1cc2oc(C3CCCOC3)nc2cc1Cl. The van der Waals surface area contributed by atoms with Crippen LogP contribution < -0.4 is 5.73 Å². The average molecular weight is 253 g/mol. The summed E-state index contributed by atoms with van der Waals surface area (Å²) in [5.41, 5.74) is 7.69. The largest absolute Gasteiger partial charge is 0.440 e. The van der Waals surface area contributed by atoms with E-state index < -0.39 is 0 Å². The smallest absolute Gasteiger partial charge is 0.200 e. The Morgan fingerprint density at radius 1 is 1.41 bits per heavy atom. The van der Waals surface area contributed by atoms with Crippen LogP contribution >= 0.6 is 11.6 Å². The molecule has 0 spiro atoms. The summed E-state index contributed by atoms with van der Waals surface area (Å²) in [5.74, 6) is 0.970. The molecule has 5 heteroatoms. The fraction of sp³-hybridized carbons (Fsp3) is 0.417. The summed E-state index contributed by atoms with van der Waals surface area (Å²) in [6.45, 7) is 1.51. The summed E-state index contributed by atoms with van der Waals surface area (Å²) in [6, 6.07) is 3.46. The number of fused-ring (bicyclic) bond motifs is 1. The average Bonchev–Trinajstić information content (AvgIpc) is 2.74. The highest BCUT2D eigenvalue weighted by molar-refractivity contribution is 6.33. The number of hydrogen-bond acceptors (Lipinski definition) is 4. The van der Waals surface area contributed by atoms with Crippen molar-refractivity contribution in [1.29, 1.82) is 0 Å². The lowest BCUT2D eigenvalue weighted by Crippen LogP contribution is -2.15. The molecule has 0 radical (unpaired) electrons. The number of nitrogens with two attached hydrogens (primary N) is 1. The van der Waals surface area contributed by atoms with Gasteiger partial charge in [-0.15, -0.1) is 0 Å². The Hall–Kier alpha value is -1.26. The van der Waals surface area contributed by atoms with Crippen molar-refractivity contribution in [1.82, 2.24) is 4.98 Å². The molecule has 1 atom stereocenters. The van der Waals surface area contributed by atoms with Gasteiger partial charge in [0.2, 0.25) is 5.89 Å². The van der Waals surface area contributed by atoms with Crippen molar-refractivity contribution in [3.63, 3.8) is 0 Å². The van der Waals surface area contributed by atoms with Crippen LogP contribution in [0.25, 0.3) is 11.1 Å². The van der Waals surface area contributed by atoms with Crippen molar-refractivity contribution in [2.24, 2.45) is 0 Å². The van der Waals surface area contributed by atoms with Gasteiger partial charge in [-0.2, -0.15) is 0 Å². The van der Waals surface area contributed by atoms with Crippen molar-refractivity contribution < 1.29 is 9.15 Å². The summed E-state index contributed by atoms with van der Waals surface area (Å²) in [7, 11) is 0. The fourth-order valence-electron chi connectivity index (χ4n) is 2.09. The van der Waals surface area contributed by atoms with Crippen LogP contribution in [0.4, 0.5) is 5.69 Å². The molecule has 17 heavy (non-hydrogen) atoms. The normalized spacial score (nSPS) is 20.9. The van der Waals surface area contributed by atoms with E-state index in [0.717, 1.165) is 30.9 Å². The zero-order valence-electron chi connectivity index (χ0n) is 9.28. The molecular formula is C12H13ClN2O2. The second-order valence-electron chi connectivity index (χ2n) is 4.31. The summed E-state index contributed by atoms with van der Waals surface area (Å²) in [4.78, 5) is 4.45. The predicted molar refractivity (Wildman–Crippen MR) is 66.2 cm³/mol. The minimum absolute atomic E-state index is 0.246. The third-order valence-corrected chi connectivity index (χ3v) is 3.36. The van der Waals surface area contributed by atoms with Crippen molar-refractivity contribution >= 4 is 28.4 Å². The Morgan fingerprint density at radius 3 is 3.06 bits per heavy atom. The van der Waals surface area contributed by atoms with Crippen LogP contribution in [0.5, 0.6) is 0 Å². The third kappa shape index (κ3) is 1.98. The van der Waals surface area contributed by atoms with Gasteiger partial charge in [-0.25, -0.2) is 4.98 Å². The zero-order chi connectivity index (χ0) is 11.8. The quantitative estimate of drug-likeness (QED) is 0.793. The lowest BCUT2D eigenvalue weighted by atomic mass is 10.0. The summed E-state index contributed by atoms with van der Waals surface area (Å²) in [6.07, 6.45) is 2.10. The number of benzene rings is 1. The summed E-state index contributed by atoms with van der Waals surface area (Å²) >= 11 is 5.95. The lowest BCUT2D eigenvalue weighted by Gasteiger charge is -2.18. The molecule has 0 bridgehead atoms. The van der Waals surface area contributed by atoms with E-state index in [0.29, 0.717) is 22.9 Å². The molecule has 2 N–H and O–H groups in total. The van der Waals surface area contributed by atoms with Crippen LogP contribution in [0.2, 0.25) is 5.02 Å². The van der Waals surface area contributed by atoms with E-state index in [1.54, 1.807) is 12.1 Å². The van der Waals surface area contributed by atoms with Crippen molar-refractivity contribution in [3.05, 3.63) is 23.0 Å². The molecule has 90 valence electrons. The molecule has 1 aromatic carbocycles. The van der Waals surface area contributed by atoms with E-state index >= 15 is 0 Å². The Balaban J connectivity index is 2.00. The Bertz CT molecular complexity index is 508. The molecule has 1 saturated heterocycles. The molecule has 1 unspecified atom stereocenters. The lowest BCUT2D eigenvalue weighted by molar-refractivity contribution is 0.0731. The van der Waals surface area contributed by atoms with E-state index in [-0.39, 0.29) is 5.92 Å². The maximum Gasteiger partial charge on any atom is 0.200 e. The minimum Gasteiger partial charge on any atom is -0.440 e. The molecule has 4 nitrogen and oxygen atoms in total. The number of ether oxygens (including phenoxy) is 1. The standard InChI is InChI=1S/C12H13ClN2O2/c13-8-4-10-11(5-9(8)14)17-12(15-10)7-2-1-3-16-6-7/h4-5,7H,1-3,6,14H2. The van der Waals surface area contributed by atoms with Gasteiger partial charge in [0.25, 0.3) is 0 Å². The Morgan fingerprint density at radius 2 is 2.29 bits per heavy atom. The Labute approximate surface area is 104 Å². The second kappa shape index (κ2) is 4.20. The van der Waals surface area contributed by atoms with Gasteiger partial charge in [0.1, 0.15) is 5.52 Å². The number of anilines is 1. The molecule has 0 saturated carbocycles. The van der Waals surface area contributed by atoms with E-state index in [1.807, 2.05) is 0 Å². The minimum atomic E-state index is 0.246. The maximum atomic E-state index is 5.95. The molecule has 1 aliphatic heterocycles. The highest BCUT2D eigenvalue weighted by Gasteiger charge is 2.21. The first-order chi connectivity index (χ1) is 8.24. The molecule has 0 amide bonds. The molecule has 1 aliphatic rings. The fourth-order valence-corrected chi connectivity index (χ4v) is 2.25. The molecule has 3 rings (SSSR count). The van der Waals surface area contributed by atoms with Gasteiger partial charge >= 0.3 is 0 Å². The molecule has 1 fully saturated rings. The van der Waals surface area contributed by atoms with Crippen LogP contribution in [0.15, 0.2) is 16.5 Å². The molecule has 2 aromatic rings. The van der Waals surface area contributed by atoms with Crippen LogP contribution in [0.1, 0.15) is 24.7 Å². The number of nitrogens with zero attached hydrogens (tertiary/aromatic N) is 1. The maximum absolute atomic E-state index is 5.95. The zero-order valence-corrected chi connectivity index (χ0v) is 10.0. The monoisotopic (exact) mass is 252 g/mol. The van der Waals surface area contributed by atoms with Gasteiger partial charge < -0.3 is 14.9 Å². The third-order valence-electron chi connectivity index (χ3n) is 3.03. The highest BCUT2D eigenvalue weighted by Crippen LogP contribution is 2.31. The van der Waals surface area contributed by atoms with Crippen LogP contribution in [0, 0.1) is 0 Å². The summed E-state index contributed by atoms with van der Waals surface area (Å²) < 4.78 is 11.1. The highest BCUT2D eigenvalue weighted by atomic mass is 35.5. The van der Waals surface area contributed by atoms with Gasteiger partial charge in [0, 0.05) is 12.7 Å². The first kappa shape index (κ1) is 10.9. The second-order valence-corrected chi connectivity index (χ2v) is 4.71. The van der Waals surface area contributed by atoms with Crippen LogP contribution in [-0.4, -0.2) is 18.2 Å². The van der Waals surface area contributed by atoms with Crippen molar-refractivity contribution in [2.75, 3.05) is 18.9 Å². The first-order valence-corrected chi connectivity index (χ1v) is 6.05. The first-order valence-electron chi connectivity index (χ1n) is 5.67. The molecule has 0 aliphatic carbocycles. The van der Waals surface area contributed by atoms with E-state index in [2.05, 4.69) is 4.98 Å². The number of rotatable bonds is 1. The number of hydrogen-bond donors (Lipinski definition) is 1. The molecule has 1 aromatic heterocycles. The van der Waals surface area contributed by atoms with Crippen LogP contribution in [0.3, 0.4) is 0 Å². The topological polar surface area (TPSA) is 61.3 Å². The Kier molecular flexibility index (Phi) is 2.68.